The van der Waals surface area contributed by atoms with Gasteiger partial charge in [0, 0.05) is 25.7 Å². The predicted molar refractivity (Wildman–Crippen MR) is 121 cm³/mol. The number of rotatable bonds is 8. The van der Waals surface area contributed by atoms with Gasteiger partial charge in [-0.2, -0.15) is 0 Å². The summed E-state index contributed by atoms with van der Waals surface area (Å²) in [7, 11) is 0. The van der Waals surface area contributed by atoms with Gasteiger partial charge in [0.05, 0.1) is 0 Å². The standard InChI is InChI=1S/C26H44O4/c1-19(27)15-23-7-5-8-25(17-21(3)29)13-14-26(18-22(4)30)10-6-9-24(12-11-23)16-20(2)28/h23-26H,5-18H2,1-4H3. The fraction of sp³-hybridized carbons (Fsp3) is 0.846. The Morgan fingerprint density at radius 3 is 0.800 bits per heavy atom. The lowest BCUT2D eigenvalue weighted by molar-refractivity contribution is -0.119. The van der Waals surface area contributed by atoms with E-state index in [1.165, 1.54) is 0 Å². The summed E-state index contributed by atoms with van der Waals surface area (Å²) in [6.07, 6.45) is 12.7. The minimum Gasteiger partial charge on any atom is -0.300 e. The number of hydrogen-bond acceptors (Lipinski definition) is 4. The van der Waals surface area contributed by atoms with Crippen LogP contribution in [0.4, 0.5) is 0 Å². The van der Waals surface area contributed by atoms with Crippen LogP contribution in [-0.2, 0) is 19.2 Å². The van der Waals surface area contributed by atoms with Gasteiger partial charge in [-0.15, -0.1) is 0 Å². The Labute approximate surface area is 184 Å². The van der Waals surface area contributed by atoms with Crippen LogP contribution in [0.1, 0.15) is 118 Å². The fourth-order valence-electron chi connectivity index (χ4n) is 5.35. The van der Waals surface area contributed by atoms with Gasteiger partial charge in [-0.25, -0.2) is 0 Å². The average Bonchev–Trinajstić information content (AvgIpc) is 2.60. The largest absolute Gasteiger partial charge is 0.300 e. The van der Waals surface area contributed by atoms with E-state index in [0.717, 1.165) is 64.2 Å². The molecule has 4 atom stereocenters. The number of carbonyl (C=O) groups is 4. The molecule has 0 aromatic heterocycles. The van der Waals surface area contributed by atoms with Gasteiger partial charge in [-0.1, -0.05) is 38.5 Å². The van der Waals surface area contributed by atoms with Crippen molar-refractivity contribution in [3.63, 3.8) is 0 Å². The molecule has 0 bridgehead atoms. The number of Topliss-reactive ketones (excluding diaryl/α,β-unsaturated/α-hetero) is 4. The molecule has 0 aromatic carbocycles. The van der Waals surface area contributed by atoms with E-state index < -0.39 is 0 Å². The Hall–Kier alpha value is -1.32. The molecule has 1 rings (SSSR count). The molecule has 0 aromatic rings. The van der Waals surface area contributed by atoms with Crippen molar-refractivity contribution in [3.8, 4) is 0 Å². The molecule has 1 aliphatic rings. The zero-order valence-electron chi connectivity index (χ0n) is 19.8. The molecule has 1 aliphatic carbocycles. The van der Waals surface area contributed by atoms with Gasteiger partial charge in [-0.3, -0.25) is 0 Å². The first-order valence-electron chi connectivity index (χ1n) is 12.1. The van der Waals surface area contributed by atoms with Gasteiger partial charge in [0.2, 0.25) is 0 Å². The Balaban J connectivity index is 2.87. The molecular weight excluding hydrogens is 376 g/mol. The fourth-order valence-corrected chi connectivity index (χ4v) is 5.35. The molecule has 0 radical (unpaired) electrons. The normalized spacial score (nSPS) is 27.1. The molecule has 4 nitrogen and oxygen atoms in total. The first-order valence-corrected chi connectivity index (χ1v) is 12.1. The third kappa shape index (κ3) is 13.1. The molecule has 0 heterocycles. The number of ketones is 4. The van der Waals surface area contributed by atoms with E-state index in [4.69, 9.17) is 0 Å². The van der Waals surface area contributed by atoms with E-state index >= 15 is 0 Å². The maximum atomic E-state index is 11.8. The Kier molecular flexibility index (Phi) is 13.0. The zero-order chi connectivity index (χ0) is 22.5. The first-order chi connectivity index (χ1) is 14.2. The predicted octanol–water partition coefficient (Wildman–Crippen LogP) is 6.28. The van der Waals surface area contributed by atoms with Crippen LogP contribution in [0.2, 0.25) is 0 Å². The SMILES string of the molecule is CC(=O)CC1CCCC(CC(C)=O)CCC(CC(C)=O)CCCC(CC(C)=O)CC1. The third-order valence-corrected chi connectivity index (χ3v) is 6.72. The Bertz CT molecular complexity index is 467. The third-order valence-electron chi connectivity index (χ3n) is 6.72. The van der Waals surface area contributed by atoms with Crippen LogP contribution in [0.3, 0.4) is 0 Å². The van der Waals surface area contributed by atoms with Crippen LogP contribution < -0.4 is 0 Å². The van der Waals surface area contributed by atoms with Gasteiger partial charge >= 0.3 is 0 Å². The maximum absolute atomic E-state index is 11.8. The summed E-state index contributed by atoms with van der Waals surface area (Å²) in [5.74, 6) is 2.56. The van der Waals surface area contributed by atoms with E-state index in [0.29, 0.717) is 49.4 Å². The summed E-state index contributed by atoms with van der Waals surface area (Å²) < 4.78 is 0. The highest BCUT2D eigenvalue weighted by atomic mass is 16.1. The number of carbonyl (C=O) groups excluding carboxylic acids is 4. The molecule has 30 heavy (non-hydrogen) atoms. The van der Waals surface area contributed by atoms with Crippen LogP contribution in [-0.4, -0.2) is 23.1 Å². The first kappa shape index (κ1) is 26.7. The van der Waals surface area contributed by atoms with Crippen molar-refractivity contribution >= 4 is 23.1 Å². The molecule has 4 heteroatoms. The van der Waals surface area contributed by atoms with E-state index in [1.807, 2.05) is 0 Å². The highest BCUT2D eigenvalue weighted by Gasteiger charge is 2.21. The summed E-state index contributed by atoms with van der Waals surface area (Å²) in [6.45, 7) is 6.69. The highest BCUT2D eigenvalue weighted by molar-refractivity contribution is 5.76. The molecule has 1 fully saturated rings. The monoisotopic (exact) mass is 420 g/mol. The Morgan fingerprint density at radius 2 is 0.633 bits per heavy atom. The van der Waals surface area contributed by atoms with Gasteiger partial charge in [0.1, 0.15) is 23.1 Å². The summed E-state index contributed by atoms with van der Waals surface area (Å²) >= 11 is 0. The van der Waals surface area contributed by atoms with E-state index in [1.54, 1.807) is 27.7 Å². The van der Waals surface area contributed by atoms with Crippen molar-refractivity contribution in [3.05, 3.63) is 0 Å². The minimum atomic E-state index is 0.247. The van der Waals surface area contributed by atoms with E-state index in [2.05, 4.69) is 0 Å². The summed E-state index contributed by atoms with van der Waals surface area (Å²) in [5, 5.41) is 0. The molecule has 0 amide bonds. The van der Waals surface area contributed by atoms with Crippen molar-refractivity contribution in [2.75, 3.05) is 0 Å². The van der Waals surface area contributed by atoms with Crippen molar-refractivity contribution in [2.45, 2.75) is 118 Å². The van der Waals surface area contributed by atoms with E-state index in [-0.39, 0.29) is 23.1 Å². The molecule has 0 spiro atoms. The topological polar surface area (TPSA) is 68.3 Å². The smallest absolute Gasteiger partial charge is 0.130 e. The summed E-state index contributed by atoms with van der Waals surface area (Å²) in [5.41, 5.74) is 0. The molecule has 4 unspecified atom stereocenters. The van der Waals surface area contributed by atoms with Crippen molar-refractivity contribution in [1.82, 2.24) is 0 Å². The Morgan fingerprint density at radius 1 is 0.433 bits per heavy atom. The van der Waals surface area contributed by atoms with Gasteiger partial charge < -0.3 is 19.2 Å². The second-order valence-electron chi connectivity index (χ2n) is 10.1. The van der Waals surface area contributed by atoms with Crippen molar-refractivity contribution < 1.29 is 19.2 Å². The zero-order valence-corrected chi connectivity index (χ0v) is 19.8. The lowest BCUT2D eigenvalue weighted by Gasteiger charge is -2.25. The summed E-state index contributed by atoms with van der Waals surface area (Å²) in [4.78, 5) is 47.0. The second kappa shape index (κ2) is 14.6. The molecular formula is C26H44O4. The van der Waals surface area contributed by atoms with Gasteiger partial charge in [0.25, 0.3) is 0 Å². The van der Waals surface area contributed by atoms with Gasteiger partial charge in [-0.05, 0) is 77.0 Å². The van der Waals surface area contributed by atoms with Gasteiger partial charge in [0.15, 0.2) is 0 Å². The van der Waals surface area contributed by atoms with Crippen LogP contribution in [0.5, 0.6) is 0 Å². The molecule has 172 valence electrons. The molecule has 0 aliphatic heterocycles. The average molecular weight is 421 g/mol. The van der Waals surface area contributed by atoms with Crippen LogP contribution in [0.25, 0.3) is 0 Å². The summed E-state index contributed by atoms with van der Waals surface area (Å²) in [6, 6.07) is 0. The molecule has 0 N–H and O–H groups in total. The van der Waals surface area contributed by atoms with Crippen LogP contribution in [0.15, 0.2) is 0 Å². The maximum Gasteiger partial charge on any atom is 0.130 e. The molecule has 0 saturated heterocycles. The van der Waals surface area contributed by atoms with Crippen molar-refractivity contribution in [1.29, 1.82) is 0 Å². The number of hydrogen-bond donors (Lipinski definition) is 0. The molecule has 1 saturated carbocycles. The lowest BCUT2D eigenvalue weighted by Crippen LogP contribution is -2.15. The minimum absolute atomic E-state index is 0.247. The van der Waals surface area contributed by atoms with Crippen LogP contribution in [0, 0.1) is 23.7 Å². The van der Waals surface area contributed by atoms with E-state index in [9.17, 15) is 19.2 Å². The lowest BCUT2D eigenvalue weighted by atomic mass is 9.80. The van der Waals surface area contributed by atoms with Crippen LogP contribution >= 0.6 is 0 Å². The highest BCUT2D eigenvalue weighted by Crippen LogP contribution is 2.32. The quantitative estimate of drug-likeness (QED) is 0.463. The van der Waals surface area contributed by atoms with Crippen molar-refractivity contribution in [2.24, 2.45) is 23.7 Å². The second-order valence-corrected chi connectivity index (χ2v) is 10.1.